The Hall–Kier alpha value is -1.59. The molecule has 0 aliphatic carbocycles. The fourth-order valence-electron chi connectivity index (χ4n) is 6.10. The standard InChI is InChI=1S/C42H80O6/c1-5-7-9-11-13-15-16-18-22-27-31-35-42(45)48-39(36-46-40(43)33-29-25-21-17-14-12-10-8-6-2)37-47-41(44)34-30-26-23-19-20-24-28-32-38(3)4/h38-39H,5-37H2,1-4H3/t39-/m1/s1. The number of hydrogen-bond acceptors (Lipinski definition) is 6. The van der Waals surface area contributed by atoms with Gasteiger partial charge < -0.3 is 14.2 Å². The molecule has 0 bridgehead atoms. The van der Waals surface area contributed by atoms with E-state index in [9.17, 15) is 14.4 Å². The van der Waals surface area contributed by atoms with Gasteiger partial charge in [0.05, 0.1) is 0 Å². The molecule has 0 rings (SSSR count). The minimum Gasteiger partial charge on any atom is -0.462 e. The van der Waals surface area contributed by atoms with Crippen molar-refractivity contribution in [3.8, 4) is 0 Å². The summed E-state index contributed by atoms with van der Waals surface area (Å²) < 4.78 is 16.6. The Morgan fingerprint density at radius 3 is 1.02 bits per heavy atom. The average Bonchev–Trinajstić information content (AvgIpc) is 3.06. The molecule has 0 spiro atoms. The summed E-state index contributed by atoms with van der Waals surface area (Å²) in [6.07, 6.45) is 33.8. The van der Waals surface area contributed by atoms with E-state index in [-0.39, 0.29) is 31.1 Å². The summed E-state index contributed by atoms with van der Waals surface area (Å²) in [5.74, 6) is -0.0836. The van der Waals surface area contributed by atoms with Gasteiger partial charge in [-0.25, -0.2) is 0 Å². The summed E-state index contributed by atoms with van der Waals surface area (Å²) in [5, 5.41) is 0. The molecule has 0 aliphatic heterocycles. The minimum atomic E-state index is -0.757. The zero-order chi connectivity index (χ0) is 35.3. The Bertz CT molecular complexity index is 721. The Kier molecular flexibility index (Phi) is 35.5. The van der Waals surface area contributed by atoms with Crippen molar-refractivity contribution in [2.75, 3.05) is 13.2 Å². The van der Waals surface area contributed by atoms with Crippen LogP contribution in [-0.4, -0.2) is 37.2 Å². The molecule has 0 aromatic rings. The fourth-order valence-corrected chi connectivity index (χ4v) is 6.10. The quantitative estimate of drug-likeness (QED) is 0.0369. The van der Waals surface area contributed by atoms with Crippen molar-refractivity contribution in [1.82, 2.24) is 0 Å². The predicted octanol–water partition coefficient (Wildman–Crippen LogP) is 12.8. The van der Waals surface area contributed by atoms with Crippen molar-refractivity contribution in [2.45, 2.75) is 233 Å². The third-order valence-electron chi connectivity index (χ3n) is 9.29. The number of hydrogen-bond donors (Lipinski definition) is 0. The number of rotatable bonds is 37. The summed E-state index contributed by atoms with van der Waals surface area (Å²) in [6, 6.07) is 0. The Labute approximate surface area is 298 Å². The molecule has 0 amide bonds. The van der Waals surface area contributed by atoms with Crippen LogP contribution in [0.5, 0.6) is 0 Å². The van der Waals surface area contributed by atoms with Gasteiger partial charge in [-0.1, -0.05) is 188 Å². The maximum absolute atomic E-state index is 12.6. The lowest BCUT2D eigenvalue weighted by Gasteiger charge is -2.18. The highest BCUT2D eigenvalue weighted by Crippen LogP contribution is 2.15. The van der Waals surface area contributed by atoms with Gasteiger partial charge in [-0.05, 0) is 25.2 Å². The molecule has 0 saturated carbocycles. The molecule has 0 fully saturated rings. The van der Waals surface area contributed by atoms with Gasteiger partial charge in [0.1, 0.15) is 13.2 Å². The fraction of sp³-hybridized carbons (Fsp3) is 0.929. The van der Waals surface area contributed by atoms with Crippen molar-refractivity contribution in [3.63, 3.8) is 0 Å². The lowest BCUT2D eigenvalue weighted by atomic mass is 10.0. The van der Waals surface area contributed by atoms with Gasteiger partial charge in [0.25, 0.3) is 0 Å². The highest BCUT2D eigenvalue weighted by Gasteiger charge is 2.19. The van der Waals surface area contributed by atoms with Crippen molar-refractivity contribution in [2.24, 2.45) is 5.92 Å². The molecule has 0 radical (unpaired) electrons. The van der Waals surface area contributed by atoms with Crippen LogP contribution in [0.3, 0.4) is 0 Å². The first kappa shape index (κ1) is 46.4. The zero-order valence-corrected chi connectivity index (χ0v) is 32.4. The van der Waals surface area contributed by atoms with Crippen molar-refractivity contribution >= 4 is 17.9 Å². The first-order valence-corrected chi connectivity index (χ1v) is 20.9. The monoisotopic (exact) mass is 681 g/mol. The van der Waals surface area contributed by atoms with Crippen LogP contribution in [0.2, 0.25) is 0 Å². The predicted molar refractivity (Wildman–Crippen MR) is 201 cm³/mol. The lowest BCUT2D eigenvalue weighted by Crippen LogP contribution is -2.30. The first-order valence-electron chi connectivity index (χ1n) is 20.9. The van der Waals surface area contributed by atoms with Crippen LogP contribution in [0.15, 0.2) is 0 Å². The molecule has 6 heteroatoms. The van der Waals surface area contributed by atoms with E-state index in [4.69, 9.17) is 14.2 Å². The zero-order valence-electron chi connectivity index (χ0n) is 32.4. The normalized spacial score (nSPS) is 11.9. The molecule has 0 unspecified atom stereocenters. The summed E-state index contributed by atoms with van der Waals surface area (Å²) in [7, 11) is 0. The Morgan fingerprint density at radius 1 is 0.396 bits per heavy atom. The molecule has 0 N–H and O–H groups in total. The van der Waals surface area contributed by atoms with E-state index in [0.29, 0.717) is 19.3 Å². The number of esters is 3. The topological polar surface area (TPSA) is 78.9 Å². The SMILES string of the molecule is CCCCCCCCCCCCCC(=O)O[C@H](COC(=O)CCCCCCCCCCC)COC(=O)CCCCCCCCCC(C)C. The van der Waals surface area contributed by atoms with Crippen LogP contribution in [0, 0.1) is 5.92 Å². The van der Waals surface area contributed by atoms with Crippen molar-refractivity contribution in [3.05, 3.63) is 0 Å². The second kappa shape index (κ2) is 36.7. The third kappa shape index (κ3) is 35.7. The van der Waals surface area contributed by atoms with Gasteiger partial charge in [0.2, 0.25) is 0 Å². The highest BCUT2D eigenvalue weighted by atomic mass is 16.6. The lowest BCUT2D eigenvalue weighted by molar-refractivity contribution is -0.167. The molecule has 48 heavy (non-hydrogen) atoms. The third-order valence-corrected chi connectivity index (χ3v) is 9.29. The van der Waals surface area contributed by atoms with Crippen molar-refractivity contribution < 1.29 is 28.6 Å². The molecule has 0 heterocycles. The van der Waals surface area contributed by atoms with Crippen LogP contribution in [0.1, 0.15) is 227 Å². The molecule has 0 saturated heterocycles. The summed E-state index contributed by atoms with van der Waals surface area (Å²) in [4.78, 5) is 37.5. The van der Waals surface area contributed by atoms with E-state index in [1.807, 2.05) is 0 Å². The number of carbonyl (C=O) groups excluding carboxylic acids is 3. The maximum Gasteiger partial charge on any atom is 0.306 e. The van der Waals surface area contributed by atoms with E-state index in [1.54, 1.807) is 0 Å². The largest absolute Gasteiger partial charge is 0.462 e. The van der Waals surface area contributed by atoms with Gasteiger partial charge in [0, 0.05) is 19.3 Å². The minimum absolute atomic E-state index is 0.0651. The van der Waals surface area contributed by atoms with E-state index >= 15 is 0 Å². The van der Waals surface area contributed by atoms with Crippen LogP contribution < -0.4 is 0 Å². The van der Waals surface area contributed by atoms with Gasteiger partial charge >= 0.3 is 17.9 Å². The number of unbranched alkanes of at least 4 members (excludes halogenated alkanes) is 24. The van der Waals surface area contributed by atoms with E-state index in [0.717, 1.165) is 63.7 Å². The first-order chi connectivity index (χ1) is 23.4. The molecule has 0 aromatic carbocycles. The van der Waals surface area contributed by atoms with Gasteiger partial charge in [-0.3, -0.25) is 14.4 Å². The summed E-state index contributed by atoms with van der Waals surface area (Å²) in [5.41, 5.74) is 0. The van der Waals surface area contributed by atoms with Crippen LogP contribution in [0.25, 0.3) is 0 Å². The van der Waals surface area contributed by atoms with Gasteiger partial charge in [-0.2, -0.15) is 0 Å². The Balaban J connectivity index is 4.35. The van der Waals surface area contributed by atoms with E-state index < -0.39 is 6.10 Å². The number of ether oxygens (including phenoxy) is 3. The van der Waals surface area contributed by atoms with Crippen molar-refractivity contribution in [1.29, 1.82) is 0 Å². The van der Waals surface area contributed by atoms with Crippen LogP contribution in [-0.2, 0) is 28.6 Å². The Morgan fingerprint density at radius 2 is 0.688 bits per heavy atom. The highest BCUT2D eigenvalue weighted by molar-refractivity contribution is 5.71. The van der Waals surface area contributed by atoms with E-state index in [2.05, 4.69) is 27.7 Å². The maximum atomic E-state index is 12.6. The average molecular weight is 681 g/mol. The smallest absolute Gasteiger partial charge is 0.306 e. The molecule has 284 valence electrons. The second-order valence-electron chi connectivity index (χ2n) is 14.7. The molecule has 0 aliphatic rings. The second-order valence-corrected chi connectivity index (χ2v) is 14.7. The van der Waals surface area contributed by atoms with E-state index in [1.165, 1.54) is 122 Å². The molecular formula is C42H80O6. The summed E-state index contributed by atoms with van der Waals surface area (Å²) >= 11 is 0. The summed E-state index contributed by atoms with van der Waals surface area (Å²) in [6.45, 7) is 8.90. The molecule has 1 atom stereocenters. The molecule has 6 nitrogen and oxygen atoms in total. The van der Waals surface area contributed by atoms with Gasteiger partial charge in [0.15, 0.2) is 6.10 Å². The van der Waals surface area contributed by atoms with Crippen LogP contribution in [0.4, 0.5) is 0 Å². The number of carbonyl (C=O) groups is 3. The molecule has 0 aromatic heterocycles. The van der Waals surface area contributed by atoms with Crippen LogP contribution >= 0.6 is 0 Å². The van der Waals surface area contributed by atoms with Gasteiger partial charge in [-0.15, -0.1) is 0 Å². The molecular weight excluding hydrogens is 600 g/mol.